The summed E-state index contributed by atoms with van der Waals surface area (Å²) in [5.41, 5.74) is 7.93. The maximum Gasteiger partial charge on any atom is 0.251 e. The van der Waals surface area contributed by atoms with Gasteiger partial charge in [-0.25, -0.2) is 9.97 Å². The summed E-state index contributed by atoms with van der Waals surface area (Å²) < 4.78 is 2.19. The first-order valence-electron chi connectivity index (χ1n) is 11.8. The van der Waals surface area contributed by atoms with Gasteiger partial charge in [0.2, 0.25) is 0 Å². The molecule has 1 amide bonds. The number of nitrogens with one attached hydrogen (secondary N) is 2. The molecular weight excluding hydrogens is 410 g/mol. The van der Waals surface area contributed by atoms with Crippen LogP contribution in [0.15, 0.2) is 42.6 Å². The van der Waals surface area contributed by atoms with Crippen molar-refractivity contribution in [3.8, 4) is 11.3 Å². The fourth-order valence-corrected chi connectivity index (χ4v) is 4.08. The molecule has 4 aromatic rings. The Morgan fingerprint density at radius 1 is 1.12 bits per heavy atom. The minimum absolute atomic E-state index is 0.000388. The molecule has 2 heterocycles. The lowest BCUT2D eigenvalue weighted by Crippen LogP contribution is -2.25. The van der Waals surface area contributed by atoms with Gasteiger partial charge in [0.05, 0.1) is 22.9 Å². The van der Waals surface area contributed by atoms with Crippen LogP contribution in [0.1, 0.15) is 54.6 Å². The largest absolute Gasteiger partial charge is 0.367 e. The van der Waals surface area contributed by atoms with E-state index in [1.165, 1.54) is 11.1 Å². The number of aryl methyl sites for hydroxylation is 2. The molecule has 2 aromatic heterocycles. The van der Waals surface area contributed by atoms with Gasteiger partial charge in [0, 0.05) is 23.7 Å². The molecule has 0 unspecified atom stereocenters. The van der Waals surface area contributed by atoms with Crippen LogP contribution in [-0.2, 0) is 0 Å². The highest BCUT2D eigenvalue weighted by Crippen LogP contribution is 2.30. The number of carbonyl (C=O) groups is 1. The lowest BCUT2D eigenvalue weighted by Gasteiger charge is -2.14. The zero-order valence-electron chi connectivity index (χ0n) is 19.8. The third kappa shape index (κ3) is 4.30. The van der Waals surface area contributed by atoms with E-state index in [0.29, 0.717) is 17.5 Å². The highest BCUT2D eigenvalue weighted by atomic mass is 16.1. The highest BCUT2D eigenvalue weighted by molar-refractivity contribution is 5.95. The summed E-state index contributed by atoms with van der Waals surface area (Å²) in [6.07, 6.45) is 5.13. The monoisotopic (exact) mass is 441 g/mol. The van der Waals surface area contributed by atoms with Gasteiger partial charge in [0.1, 0.15) is 0 Å². The number of aromatic nitrogens is 3. The molecule has 170 valence electrons. The first-order chi connectivity index (χ1) is 15.9. The van der Waals surface area contributed by atoms with Crippen LogP contribution in [0.25, 0.3) is 27.9 Å². The van der Waals surface area contributed by atoms with Crippen molar-refractivity contribution in [2.45, 2.75) is 53.0 Å². The number of nitrogens with zero attached hydrogens (tertiary/aromatic N) is 3. The number of hydrogen-bond donors (Lipinski definition) is 2. The van der Waals surface area contributed by atoms with Crippen LogP contribution < -0.4 is 10.6 Å². The molecule has 1 aliphatic carbocycles. The van der Waals surface area contributed by atoms with E-state index >= 15 is 0 Å². The molecule has 0 bridgehead atoms. The van der Waals surface area contributed by atoms with E-state index in [-0.39, 0.29) is 5.91 Å². The average Bonchev–Trinajstić information content (AvgIpc) is 3.49. The fourth-order valence-electron chi connectivity index (χ4n) is 4.08. The maximum absolute atomic E-state index is 12.4. The van der Waals surface area contributed by atoms with E-state index in [1.54, 1.807) is 0 Å². The van der Waals surface area contributed by atoms with Gasteiger partial charge in [-0.1, -0.05) is 26.0 Å². The van der Waals surface area contributed by atoms with Crippen LogP contribution in [0.2, 0.25) is 0 Å². The molecular formula is C27H31N5O. The topological polar surface area (TPSA) is 71.3 Å². The van der Waals surface area contributed by atoms with Crippen LogP contribution in [0.3, 0.4) is 0 Å². The number of anilines is 1. The van der Waals surface area contributed by atoms with Crippen molar-refractivity contribution < 1.29 is 4.79 Å². The van der Waals surface area contributed by atoms with E-state index in [2.05, 4.69) is 54.9 Å². The van der Waals surface area contributed by atoms with Crippen molar-refractivity contribution in [2.24, 2.45) is 5.92 Å². The Kier molecular flexibility index (Phi) is 5.52. The number of rotatable bonds is 7. The number of imidazole rings is 1. The lowest BCUT2D eigenvalue weighted by atomic mass is 10.1. The van der Waals surface area contributed by atoms with Crippen molar-refractivity contribution >= 4 is 28.4 Å². The Hall–Kier alpha value is -3.41. The third-order valence-corrected chi connectivity index (χ3v) is 6.41. The molecule has 0 aliphatic heterocycles. The van der Waals surface area contributed by atoms with E-state index < -0.39 is 0 Å². The minimum Gasteiger partial charge on any atom is -0.367 e. The second-order valence-electron chi connectivity index (χ2n) is 9.62. The molecule has 0 saturated heterocycles. The van der Waals surface area contributed by atoms with Crippen LogP contribution in [-0.4, -0.2) is 32.9 Å². The molecule has 1 fully saturated rings. The van der Waals surface area contributed by atoms with Gasteiger partial charge in [0.15, 0.2) is 11.5 Å². The van der Waals surface area contributed by atoms with Gasteiger partial charge >= 0.3 is 0 Å². The van der Waals surface area contributed by atoms with E-state index in [0.717, 1.165) is 59.6 Å². The highest BCUT2D eigenvalue weighted by Gasteiger charge is 2.24. The molecule has 2 aromatic carbocycles. The predicted molar refractivity (Wildman–Crippen MR) is 134 cm³/mol. The van der Waals surface area contributed by atoms with Gasteiger partial charge in [-0.05, 0) is 74.4 Å². The second-order valence-corrected chi connectivity index (χ2v) is 9.62. The van der Waals surface area contributed by atoms with Gasteiger partial charge in [-0.15, -0.1) is 0 Å². The Morgan fingerprint density at radius 2 is 1.85 bits per heavy atom. The SMILES string of the molecule is Cc1cc2nc(NCCC(C)C)c3ncc(-c4ccc(C(=O)NC5CC5)cc4)n3c2cc1C. The second kappa shape index (κ2) is 8.50. The van der Waals surface area contributed by atoms with E-state index in [1.807, 2.05) is 30.5 Å². The standard InChI is InChI=1S/C27H31N5O/c1-16(2)11-12-28-25-26-29-15-24(32(26)23-14-18(4)17(3)13-22(23)31-25)19-5-7-20(8-6-19)27(33)30-21-9-10-21/h5-8,13-16,21H,9-12H2,1-4H3,(H,28,31)(H,30,33). The molecule has 1 saturated carbocycles. The number of amides is 1. The van der Waals surface area contributed by atoms with Gasteiger partial charge in [-0.2, -0.15) is 0 Å². The lowest BCUT2D eigenvalue weighted by molar-refractivity contribution is 0.0951. The Labute approximate surface area is 194 Å². The summed E-state index contributed by atoms with van der Waals surface area (Å²) >= 11 is 0. The molecule has 2 N–H and O–H groups in total. The quantitative estimate of drug-likeness (QED) is 0.396. The molecule has 6 heteroatoms. The zero-order valence-corrected chi connectivity index (χ0v) is 19.8. The fraction of sp³-hybridized carbons (Fsp3) is 0.370. The maximum atomic E-state index is 12.4. The van der Waals surface area contributed by atoms with Gasteiger partial charge < -0.3 is 10.6 Å². The van der Waals surface area contributed by atoms with Crippen LogP contribution >= 0.6 is 0 Å². The third-order valence-electron chi connectivity index (χ3n) is 6.41. The Balaban J connectivity index is 1.59. The molecule has 0 spiro atoms. The van der Waals surface area contributed by atoms with Crippen molar-refractivity contribution in [3.63, 3.8) is 0 Å². The van der Waals surface area contributed by atoms with Crippen LogP contribution in [0, 0.1) is 19.8 Å². The number of hydrogen-bond acceptors (Lipinski definition) is 4. The van der Waals surface area contributed by atoms with Crippen molar-refractivity contribution in [1.82, 2.24) is 19.7 Å². The van der Waals surface area contributed by atoms with E-state index in [9.17, 15) is 4.79 Å². The Bertz CT molecular complexity index is 1330. The normalized spacial score (nSPS) is 13.7. The summed E-state index contributed by atoms with van der Waals surface area (Å²) in [6.45, 7) is 9.54. The summed E-state index contributed by atoms with van der Waals surface area (Å²) in [5, 5.41) is 6.56. The average molecular weight is 442 g/mol. The number of fused-ring (bicyclic) bond motifs is 3. The van der Waals surface area contributed by atoms with Crippen LogP contribution in [0.4, 0.5) is 5.82 Å². The van der Waals surface area contributed by atoms with Crippen molar-refractivity contribution in [3.05, 3.63) is 59.3 Å². The summed E-state index contributed by atoms with van der Waals surface area (Å²) in [5.74, 6) is 1.42. The molecule has 33 heavy (non-hydrogen) atoms. The van der Waals surface area contributed by atoms with Crippen LogP contribution in [0.5, 0.6) is 0 Å². The van der Waals surface area contributed by atoms with Gasteiger partial charge in [-0.3, -0.25) is 9.20 Å². The minimum atomic E-state index is -0.000388. The molecule has 0 atom stereocenters. The molecule has 5 rings (SSSR count). The summed E-state index contributed by atoms with van der Waals surface area (Å²) in [4.78, 5) is 22.1. The number of carbonyl (C=O) groups excluding carboxylic acids is 1. The molecule has 0 radical (unpaired) electrons. The Morgan fingerprint density at radius 3 is 2.55 bits per heavy atom. The molecule has 6 nitrogen and oxygen atoms in total. The zero-order chi connectivity index (χ0) is 23.1. The first kappa shape index (κ1) is 21.4. The predicted octanol–water partition coefficient (Wildman–Crippen LogP) is 5.52. The summed E-state index contributed by atoms with van der Waals surface area (Å²) in [6, 6.07) is 12.5. The van der Waals surface area contributed by atoms with Gasteiger partial charge in [0.25, 0.3) is 5.91 Å². The smallest absolute Gasteiger partial charge is 0.251 e. The summed E-state index contributed by atoms with van der Waals surface area (Å²) in [7, 11) is 0. The number of benzene rings is 2. The van der Waals surface area contributed by atoms with Crippen molar-refractivity contribution in [2.75, 3.05) is 11.9 Å². The van der Waals surface area contributed by atoms with E-state index in [4.69, 9.17) is 9.97 Å². The van der Waals surface area contributed by atoms with Crippen molar-refractivity contribution in [1.29, 1.82) is 0 Å². The first-order valence-corrected chi connectivity index (χ1v) is 11.8. The molecule has 1 aliphatic rings.